The van der Waals surface area contributed by atoms with Crippen LogP contribution in [-0.2, 0) is 0 Å². The Kier molecular flexibility index (Phi) is 3.96. The van der Waals surface area contributed by atoms with E-state index in [9.17, 15) is 9.18 Å². The van der Waals surface area contributed by atoms with E-state index in [4.69, 9.17) is 4.74 Å². The van der Waals surface area contributed by atoms with Crippen molar-refractivity contribution >= 4 is 17.4 Å². The molecule has 0 radical (unpaired) electrons. The van der Waals surface area contributed by atoms with E-state index in [1.165, 1.54) is 12.1 Å². The summed E-state index contributed by atoms with van der Waals surface area (Å²) in [6.45, 7) is 2.25. The van der Waals surface area contributed by atoms with E-state index >= 15 is 0 Å². The molecule has 24 heavy (non-hydrogen) atoms. The van der Waals surface area contributed by atoms with E-state index in [2.05, 4.69) is 9.59 Å². The number of hydrogen-bond acceptors (Lipinski definition) is 5. The molecule has 2 aliphatic rings. The molecule has 0 unspecified atom stereocenters. The van der Waals surface area contributed by atoms with Crippen molar-refractivity contribution in [3.63, 3.8) is 0 Å². The number of piperidine rings is 1. The molecule has 1 aromatic carbocycles. The summed E-state index contributed by atoms with van der Waals surface area (Å²) in [4.78, 5) is 15.5. The number of ether oxygens (including phenoxy) is 1. The molecule has 5 nitrogen and oxygen atoms in total. The molecule has 1 saturated carbocycles. The van der Waals surface area contributed by atoms with Gasteiger partial charge in [0.2, 0.25) is 0 Å². The third kappa shape index (κ3) is 2.66. The second kappa shape index (κ2) is 6.12. The summed E-state index contributed by atoms with van der Waals surface area (Å²) in [6, 6.07) is 6.34. The number of carbonyl (C=O) groups excluding carboxylic acids is 1. The van der Waals surface area contributed by atoms with E-state index in [1.807, 2.05) is 11.8 Å². The van der Waals surface area contributed by atoms with Crippen LogP contribution in [0.4, 0.5) is 4.39 Å². The standard InChI is InChI=1S/C17H18FN3O2S/c1-10-16(24-20-19-10)17(22)21-13-5-2-11(8-13)15(21)9-23-14-6-3-12(18)4-7-14/h3-4,6-7,11,13,15H,2,5,8-9H2,1H3/t11-,13+,15+/m1/s1. The zero-order chi connectivity index (χ0) is 16.7. The molecule has 2 aromatic rings. The third-order valence-electron chi connectivity index (χ3n) is 5.06. The summed E-state index contributed by atoms with van der Waals surface area (Å²) in [7, 11) is 0. The molecule has 7 heteroatoms. The number of rotatable bonds is 4. The number of benzene rings is 1. The molecule has 2 bridgehead atoms. The Hall–Kier alpha value is -2.02. The number of halogens is 1. The van der Waals surface area contributed by atoms with Crippen molar-refractivity contribution in [2.75, 3.05) is 6.61 Å². The van der Waals surface area contributed by atoms with Crippen molar-refractivity contribution in [2.45, 2.75) is 38.3 Å². The van der Waals surface area contributed by atoms with Crippen LogP contribution >= 0.6 is 11.5 Å². The van der Waals surface area contributed by atoms with Crippen molar-refractivity contribution < 1.29 is 13.9 Å². The van der Waals surface area contributed by atoms with Crippen molar-refractivity contribution in [1.82, 2.24) is 14.5 Å². The molecule has 0 N–H and O–H groups in total. The highest BCUT2D eigenvalue weighted by molar-refractivity contribution is 7.07. The second-order valence-electron chi connectivity index (χ2n) is 6.46. The largest absolute Gasteiger partial charge is 0.491 e. The first-order valence-electron chi connectivity index (χ1n) is 8.13. The van der Waals surface area contributed by atoms with E-state index in [0.29, 0.717) is 28.8 Å². The quantitative estimate of drug-likeness (QED) is 0.853. The lowest BCUT2D eigenvalue weighted by Gasteiger charge is -2.34. The van der Waals surface area contributed by atoms with Crippen LogP contribution in [0.3, 0.4) is 0 Å². The van der Waals surface area contributed by atoms with Crippen LogP contribution in [0.1, 0.15) is 34.6 Å². The SMILES string of the molecule is Cc1nnsc1C(=O)N1[C@H]2CC[C@H](C2)[C@@H]1COc1ccc(F)cc1. The van der Waals surface area contributed by atoms with Gasteiger partial charge < -0.3 is 9.64 Å². The number of hydrogen-bond donors (Lipinski definition) is 0. The minimum absolute atomic E-state index is 0.0161. The second-order valence-corrected chi connectivity index (χ2v) is 7.21. The average Bonchev–Trinajstić information content (AvgIpc) is 3.29. The molecule has 1 aliphatic carbocycles. The molecule has 3 atom stereocenters. The number of nitrogens with zero attached hydrogens (tertiary/aromatic N) is 3. The maximum atomic E-state index is 13.0. The Morgan fingerprint density at radius 2 is 2.17 bits per heavy atom. The molecule has 126 valence electrons. The fourth-order valence-corrected chi connectivity index (χ4v) is 4.48. The zero-order valence-electron chi connectivity index (χ0n) is 13.3. The van der Waals surface area contributed by atoms with Gasteiger partial charge in [-0.3, -0.25) is 4.79 Å². The van der Waals surface area contributed by atoms with Crippen LogP contribution in [0, 0.1) is 18.7 Å². The van der Waals surface area contributed by atoms with Crippen LogP contribution in [-0.4, -0.2) is 39.1 Å². The van der Waals surface area contributed by atoms with E-state index < -0.39 is 0 Å². The van der Waals surface area contributed by atoms with Gasteiger partial charge in [0.15, 0.2) is 0 Å². The van der Waals surface area contributed by atoms with Gasteiger partial charge in [-0.15, -0.1) is 5.10 Å². The summed E-state index contributed by atoms with van der Waals surface area (Å²) in [5.41, 5.74) is 0.686. The van der Waals surface area contributed by atoms with Crippen molar-refractivity contribution in [2.24, 2.45) is 5.92 Å². The highest BCUT2D eigenvalue weighted by Crippen LogP contribution is 2.43. The minimum atomic E-state index is -0.285. The first-order chi connectivity index (χ1) is 11.6. The van der Waals surface area contributed by atoms with Gasteiger partial charge in [0.25, 0.3) is 5.91 Å². The summed E-state index contributed by atoms with van der Waals surface area (Å²) in [5, 5.41) is 3.95. The van der Waals surface area contributed by atoms with Gasteiger partial charge in [-0.25, -0.2) is 4.39 Å². The Balaban J connectivity index is 1.51. The lowest BCUT2D eigenvalue weighted by Crippen LogP contribution is -2.47. The van der Waals surface area contributed by atoms with Gasteiger partial charge in [0.05, 0.1) is 11.7 Å². The Morgan fingerprint density at radius 1 is 1.38 bits per heavy atom. The highest BCUT2D eigenvalue weighted by Gasteiger charge is 2.49. The van der Waals surface area contributed by atoms with E-state index in [0.717, 1.165) is 30.8 Å². The van der Waals surface area contributed by atoms with Gasteiger partial charge in [-0.05, 0) is 67.9 Å². The molecule has 0 spiro atoms. The van der Waals surface area contributed by atoms with Crippen LogP contribution in [0.15, 0.2) is 24.3 Å². The number of fused-ring (bicyclic) bond motifs is 2. The Morgan fingerprint density at radius 3 is 2.88 bits per heavy atom. The monoisotopic (exact) mass is 347 g/mol. The van der Waals surface area contributed by atoms with Gasteiger partial charge in [-0.2, -0.15) is 0 Å². The number of aryl methyl sites for hydroxylation is 1. The molecular formula is C17H18FN3O2S. The molecule has 2 fully saturated rings. The predicted molar refractivity (Wildman–Crippen MR) is 87.6 cm³/mol. The van der Waals surface area contributed by atoms with Crippen LogP contribution in [0.2, 0.25) is 0 Å². The maximum absolute atomic E-state index is 13.0. The van der Waals surface area contributed by atoms with Crippen LogP contribution < -0.4 is 4.74 Å². The molecular weight excluding hydrogens is 329 g/mol. The third-order valence-corrected chi connectivity index (χ3v) is 5.87. The Bertz CT molecular complexity index is 749. The van der Waals surface area contributed by atoms with E-state index in [1.54, 1.807) is 12.1 Å². The predicted octanol–water partition coefficient (Wildman–Crippen LogP) is 3.06. The Labute approximate surface area is 143 Å². The number of carbonyl (C=O) groups is 1. The van der Waals surface area contributed by atoms with Crippen LogP contribution in [0.25, 0.3) is 0 Å². The van der Waals surface area contributed by atoms with Crippen molar-refractivity contribution in [3.05, 3.63) is 40.7 Å². The number of aromatic nitrogens is 2. The number of likely N-dealkylation sites (tertiary alicyclic amines) is 1. The first-order valence-corrected chi connectivity index (χ1v) is 8.91. The summed E-state index contributed by atoms with van der Waals surface area (Å²) in [6.07, 6.45) is 3.22. The van der Waals surface area contributed by atoms with Crippen LogP contribution in [0.5, 0.6) is 5.75 Å². The lowest BCUT2D eigenvalue weighted by atomic mass is 9.99. The van der Waals surface area contributed by atoms with Crippen molar-refractivity contribution in [3.8, 4) is 5.75 Å². The molecule has 1 aliphatic heterocycles. The van der Waals surface area contributed by atoms with Gasteiger partial charge in [-0.1, -0.05) is 4.49 Å². The molecule has 1 amide bonds. The fourth-order valence-electron chi connectivity index (χ4n) is 3.88. The summed E-state index contributed by atoms with van der Waals surface area (Å²) < 4.78 is 22.7. The smallest absolute Gasteiger partial charge is 0.268 e. The molecule has 1 aromatic heterocycles. The number of amides is 1. The van der Waals surface area contributed by atoms with Gasteiger partial charge in [0, 0.05) is 6.04 Å². The van der Waals surface area contributed by atoms with Gasteiger partial charge in [0.1, 0.15) is 23.1 Å². The minimum Gasteiger partial charge on any atom is -0.491 e. The molecule has 4 rings (SSSR count). The maximum Gasteiger partial charge on any atom is 0.268 e. The highest BCUT2D eigenvalue weighted by atomic mass is 32.1. The molecule has 2 heterocycles. The summed E-state index contributed by atoms with van der Waals surface area (Å²) in [5.74, 6) is 0.831. The fraction of sp³-hybridized carbons (Fsp3) is 0.471. The normalized spacial score (nSPS) is 25.2. The average molecular weight is 347 g/mol. The first kappa shape index (κ1) is 15.5. The lowest BCUT2D eigenvalue weighted by molar-refractivity contribution is 0.0509. The van der Waals surface area contributed by atoms with Gasteiger partial charge >= 0.3 is 0 Å². The zero-order valence-corrected chi connectivity index (χ0v) is 14.1. The van der Waals surface area contributed by atoms with Crippen molar-refractivity contribution in [1.29, 1.82) is 0 Å². The topological polar surface area (TPSA) is 55.3 Å². The summed E-state index contributed by atoms with van der Waals surface area (Å²) >= 11 is 1.16. The van der Waals surface area contributed by atoms with E-state index in [-0.39, 0.29) is 23.8 Å². The molecule has 1 saturated heterocycles.